The lowest BCUT2D eigenvalue weighted by Gasteiger charge is -2.67. The van der Waals surface area contributed by atoms with Crippen LogP contribution in [0, 0.1) is 16.7 Å². The van der Waals surface area contributed by atoms with E-state index < -0.39 is 113 Å². The lowest BCUT2D eigenvalue weighted by Crippen LogP contribution is -2.82. The van der Waals surface area contributed by atoms with Gasteiger partial charge in [-0.3, -0.25) is 19.2 Å². The Kier molecular flexibility index (Phi) is 11.8. The van der Waals surface area contributed by atoms with E-state index in [9.17, 15) is 39.3 Å². The number of hydrogen-bond acceptors (Lipinski definition) is 14. The third kappa shape index (κ3) is 7.29. The second-order valence-corrected chi connectivity index (χ2v) is 17.4. The Morgan fingerprint density at radius 1 is 0.823 bits per heavy atom. The molecule has 3 aliphatic carbocycles. The summed E-state index contributed by atoms with van der Waals surface area (Å²) in [6.45, 7) is 7.99. The predicted octanol–water partition coefficient (Wildman–Crippen LogP) is 3.74. The summed E-state index contributed by atoms with van der Waals surface area (Å²) in [6.07, 6.45) is -10.1. The van der Waals surface area contributed by atoms with Crippen molar-refractivity contribution < 1.29 is 67.8 Å². The van der Waals surface area contributed by atoms with E-state index in [1.54, 1.807) is 80.6 Å². The van der Waals surface area contributed by atoms with Gasteiger partial charge in [0.15, 0.2) is 23.5 Å². The van der Waals surface area contributed by atoms with Crippen molar-refractivity contribution in [1.29, 1.82) is 0 Å². The summed E-state index contributed by atoms with van der Waals surface area (Å²) >= 11 is 0. The third-order valence-corrected chi connectivity index (χ3v) is 13.5. The molecule has 0 aromatic heterocycles. The van der Waals surface area contributed by atoms with E-state index in [0.717, 1.165) is 13.8 Å². The Morgan fingerprint density at radius 3 is 1.95 bits per heavy atom. The normalized spacial score (nSPS) is 31.9. The molecule has 3 aromatic carbocycles. The fraction of sp³-hybridized carbons (Fsp3) is 0.447. The highest BCUT2D eigenvalue weighted by Crippen LogP contribution is 2.64. The van der Waals surface area contributed by atoms with Gasteiger partial charge < -0.3 is 44.3 Å². The standard InChI is InChI=1S/C47H51NO14/c1-25-31(60-43(56)35(36(52)28-16-10-7-11-17-28)48-41(54)29-18-12-8-13-19-29)23-47(57)40(61-42(55)30-20-14-9-15-21-30)38-45(6,32(51)22-33-46(38,24-58-33)62-27(3)50)39(53)37(59-26(2)49)34(25)44(47,4)5/h7-21,31-33,35-38,40,51-52,57H,22-24H2,1-6H3,(H,48,54)/t31-,32-,33+,35-,36+,37+,38-,40-,45+,46-,47+/m0/s1. The van der Waals surface area contributed by atoms with Gasteiger partial charge in [0.25, 0.3) is 5.91 Å². The van der Waals surface area contributed by atoms with Crippen LogP contribution in [0.5, 0.6) is 0 Å². The molecule has 0 unspecified atom stereocenters. The smallest absolute Gasteiger partial charge is 0.338 e. The number of fused-ring (bicyclic) bond motifs is 5. The van der Waals surface area contributed by atoms with Crippen LogP contribution in [0.15, 0.2) is 102 Å². The lowest BCUT2D eigenvalue weighted by molar-refractivity contribution is -0.346. The molecule has 1 saturated heterocycles. The minimum absolute atomic E-state index is 0.00103. The molecule has 15 heteroatoms. The molecule has 0 spiro atoms. The number of benzene rings is 3. The van der Waals surface area contributed by atoms with Crippen LogP contribution in [0.4, 0.5) is 0 Å². The molecule has 11 atom stereocenters. The van der Waals surface area contributed by atoms with Crippen molar-refractivity contribution in [2.75, 3.05) is 6.61 Å². The molecular formula is C47H51NO14. The van der Waals surface area contributed by atoms with Crippen LogP contribution in [-0.2, 0) is 42.9 Å². The maximum Gasteiger partial charge on any atom is 0.338 e. The summed E-state index contributed by atoms with van der Waals surface area (Å²) in [5.74, 6) is -6.86. The van der Waals surface area contributed by atoms with Crippen molar-refractivity contribution in [3.05, 3.63) is 119 Å². The summed E-state index contributed by atoms with van der Waals surface area (Å²) in [5.41, 5.74) is -7.20. The highest BCUT2D eigenvalue weighted by Gasteiger charge is 2.78. The molecule has 15 nitrogen and oxygen atoms in total. The maximum absolute atomic E-state index is 15.5. The SMILES string of the molecule is CC(=O)O[C@H]1C(=O)[C@@]2(C)[C@H]([C@H](OC(=O)c3ccccc3)[C@]3(O)C[C@H](OC(=O)[C@@H](NC(=O)c4ccccc4)[C@H](O)c4ccccc4)C(C)=C1C3(C)C)[C@]1(OC(C)=O)CO[C@@H]1C[C@@H]2O. The second-order valence-electron chi connectivity index (χ2n) is 17.4. The molecule has 2 bridgehead atoms. The van der Waals surface area contributed by atoms with Gasteiger partial charge in [-0.15, -0.1) is 0 Å². The average molecular weight is 854 g/mol. The number of carbonyl (C=O) groups excluding carboxylic acids is 6. The zero-order chi connectivity index (χ0) is 44.9. The minimum Gasteiger partial charge on any atom is -0.456 e. The third-order valence-electron chi connectivity index (χ3n) is 13.5. The van der Waals surface area contributed by atoms with Crippen molar-refractivity contribution in [2.24, 2.45) is 16.7 Å². The van der Waals surface area contributed by atoms with E-state index in [0.29, 0.717) is 0 Å². The number of amides is 1. The fourth-order valence-electron chi connectivity index (χ4n) is 10.2. The summed E-state index contributed by atoms with van der Waals surface area (Å²) in [7, 11) is 0. The van der Waals surface area contributed by atoms with Crippen molar-refractivity contribution in [3.8, 4) is 0 Å². The number of aliphatic hydroxyl groups is 3. The number of esters is 4. The number of carbonyl (C=O) groups is 6. The lowest BCUT2D eigenvalue weighted by atomic mass is 9.44. The first-order valence-electron chi connectivity index (χ1n) is 20.5. The number of hydrogen-bond donors (Lipinski definition) is 4. The number of ketones is 1. The molecule has 3 fully saturated rings. The van der Waals surface area contributed by atoms with Crippen LogP contribution in [0.25, 0.3) is 0 Å². The molecule has 3 aromatic rings. The Labute approximate surface area is 358 Å². The number of nitrogens with one attached hydrogen (secondary N) is 1. The topological polar surface area (TPSA) is 221 Å². The van der Waals surface area contributed by atoms with Crippen LogP contribution in [0.3, 0.4) is 0 Å². The molecule has 1 aliphatic heterocycles. The number of aliphatic hydroxyl groups excluding tert-OH is 2. The molecule has 4 aliphatic rings. The van der Waals surface area contributed by atoms with Gasteiger partial charge in [0.1, 0.15) is 30.0 Å². The molecule has 2 saturated carbocycles. The van der Waals surface area contributed by atoms with Crippen molar-refractivity contribution in [3.63, 3.8) is 0 Å². The molecule has 328 valence electrons. The Balaban J connectivity index is 1.42. The van der Waals surface area contributed by atoms with E-state index in [1.165, 1.54) is 38.1 Å². The summed E-state index contributed by atoms with van der Waals surface area (Å²) in [4.78, 5) is 84.0. The molecule has 62 heavy (non-hydrogen) atoms. The van der Waals surface area contributed by atoms with Crippen molar-refractivity contribution in [1.82, 2.24) is 5.32 Å². The Hall–Kier alpha value is -5.74. The fourth-order valence-corrected chi connectivity index (χ4v) is 10.2. The predicted molar refractivity (Wildman–Crippen MR) is 218 cm³/mol. The van der Waals surface area contributed by atoms with Gasteiger partial charge in [-0.1, -0.05) is 80.6 Å². The Bertz CT molecular complexity index is 2280. The van der Waals surface area contributed by atoms with Gasteiger partial charge in [-0.25, -0.2) is 9.59 Å². The van der Waals surface area contributed by atoms with Crippen molar-refractivity contribution in [2.45, 2.75) is 108 Å². The molecular weight excluding hydrogens is 803 g/mol. The first-order valence-corrected chi connectivity index (χ1v) is 20.5. The summed E-state index contributed by atoms with van der Waals surface area (Å²) in [6, 6.07) is 22.2. The van der Waals surface area contributed by atoms with Gasteiger partial charge in [-0.05, 0) is 54.8 Å². The number of ether oxygens (including phenoxy) is 5. The molecule has 7 rings (SSSR count). The van der Waals surface area contributed by atoms with E-state index >= 15 is 4.79 Å². The average Bonchev–Trinajstić information content (AvgIpc) is 3.24. The summed E-state index contributed by atoms with van der Waals surface area (Å²) in [5, 5.41) is 40.1. The van der Waals surface area contributed by atoms with E-state index in [2.05, 4.69) is 5.32 Å². The van der Waals surface area contributed by atoms with Gasteiger partial charge in [0, 0.05) is 37.7 Å². The van der Waals surface area contributed by atoms with Gasteiger partial charge in [-0.2, -0.15) is 0 Å². The van der Waals surface area contributed by atoms with Crippen molar-refractivity contribution >= 4 is 35.6 Å². The van der Waals surface area contributed by atoms with Crippen LogP contribution < -0.4 is 5.32 Å². The van der Waals surface area contributed by atoms with Gasteiger partial charge >= 0.3 is 23.9 Å². The van der Waals surface area contributed by atoms with Crippen LogP contribution >= 0.6 is 0 Å². The van der Waals surface area contributed by atoms with E-state index in [-0.39, 0.29) is 40.9 Å². The quantitative estimate of drug-likeness (QED) is 0.130. The summed E-state index contributed by atoms with van der Waals surface area (Å²) < 4.78 is 30.4. The molecule has 1 amide bonds. The molecule has 1 heterocycles. The second kappa shape index (κ2) is 16.5. The molecule has 0 radical (unpaired) electrons. The monoisotopic (exact) mass is 853 g/mol. The zero-order valence-corrected chi connectivity index (χ0v) is 35.2. The highest BCUT2D eigenvalue weighted by atomic mass is 16.6. The van der Waals surface area contributed by atoms with Gasteiger partial charge in [0.05, 0.1) is 29.6 Å². The first kappa shape index (κ1) is 44.3. The maximum atomic E-state index is 15.5. The van der Waals surface area contributed by atoms with Crippen LogP contribution in [0.2, 0.25) is 0 Å². The van der Waals surface area contributed by atoms with Crippen LogP contribution in [-0.4, -0.2) is 105 Å². The van der Waals surface area contributed by atoms with E-state index in [1.807, 2.05) is 0 Å². The number of rotatable bonds is 10. The van der Waals surface area contributed by atoms with Gasteiger partial charge in [0.2, 0.25) is 0 Å². The number of Topliss-reactive ketones (excluding diaryl/α,β-unsaturated/α-hetero) is 1. The van der Waals surface area contributed by atoms with E-state index in [4.69, 9.17) is 23.7 Å². The first-order chi connectivity index (χ1) is 29.3. The highest BCUT2D eigenvalue weighted by molar-refractivity contribution is 5.97. The largest absolute Gasteiger partial charge is 0.456 e. The molecule has 4 N–H and O–H groups in total. The van der Waals surface area contributed by atoms with Crippen LogP contribution in [0.1, 0.15) is 86.8 Å². The zero-order valence-electron chi connectivity index (χ0n) is 35.2. The minimum atomic E-state index is -2.40. The Morgan fingerprint density at radius 2 is 1.40 bits per heavy atom.